The molecule has 0 spiro atoms. The number of hydrogen-bond acceptors (Lipinski definition) is 3. The van der Waals surface area contributed by atoms with E-state index in [1.807, 2.05) is 43.3 Å². The second kappa shape index (κ2) is 11.0. The number of rotatable bonds is 7. The first kappa shape index (κ1) is 23.6. The van der Waals surface area contributed by atoms with Crippen molar-refractivity contribution in [3.8, 4) is 40.1 Å². The molecule has 0 unspecified atom stereocenters. The minimum Gasteiger partial charge on any atom is -0.494 e. The molecule has 0 bridgehead atoms. The van der Waals surface area contributed by atoms with Crippen LogP contribution in [-0.2, 0) is 0 Å². The van der Waals surface area contributed by atoms with Crippen molar-refractivity contribution in [1.29, 1.82) is 10.5 Å². The van der Waals surface area contributed by atoms with Crippen molar-refractivity contribution in [2.75, 3.05) is 6.61 Å². The maximum atomic E-state index is 9.98. The van der Waals surface area contributed by atoms with Gasteiger partial charge in [0.1, 0.15) is 17.9 Å². The van der Waals surface area contributed by atoms with E-state index in [-0.39, 0.29) is 0 Å². The molecule has 172 valence electrons. The van der Waals surface area contributed by atoms with E-state index in [1.54, 1.807) is 0 Å². The predicted octanol–water partition coefficient (Wildman–Crippen LogP) is 8.24. The van der Waals surface area contributed by atoms with Crippen molar-refractivity contribution in [2.24, 2.45) is 5.92 Å². The summed E-state index contributed by atoms with van der Waals surface area (Å²) in [6.07, 6.45) is 7.84. The lowest BCUT2D eigenvalue weighted by Crippen LogP contribution is -2.13. The third kappa shape index (κ3) is 5.00. The van der Waals surface area contributed by atoms with Crippen molar-refractivity contribution in [2.45, 2.75) is 58.3 Å². The van der Waals surface area contributed by atoms with Crippen LogP contribution in [0.15, 0.2) is 60.7 Å². The van der Waals surface area contributed by atoms with Crippen LogP contribution in [-0.4, -0.2) is 6.61 Å². The highest BCUT2D eigenvalue weighted by Crippen LogP contribution is 2.39. The molecule has 1 aliphatic carbocycles. The Labute approximate surface area is 203 Å². The number of benzene rings is 3. The summed E-state index contributed by atoms with van der Waals surface area (Å²) in [5, 5.41) is 19.9. The van der Waals surface area contributed by atoms with Gasteiger partial charge in [-0.05, 0) is 73.3 Å². The summed E-state index contributed by atoms with van der Waals surface area (Å²) >= 11 is 0. The largest absolute Gasteiger partial charge is 0.494 e. The van der Waals surface area contributed by atoms with Gasteiger partial charge in [-0.2, -0.15) is 10.5 Å². The average molecular weight is 449 g/mol. The summed E-state index contributed by atoms with van der Waals surface area (Å²) in [5.41, 5.74) is 5.71. The summed E-state index contributed by atoms with van der Waals surface area (Å²) in [6.45, 7) is 4.84. The topological polar surface area (TPSA) is 56.8 Å². The van der Waals surface area contributed by atoms with Gasteiger partial charge in [0, 0.05) is 11.1 Å². The van der Waals surface area contributed by atoms with Crippen molar-refractivity contribution >= 4 is 0 Å². The van der Waals surface area contributed by atoms with Gasteiger partial charge in [-0.3, -0.25) is 0 Å². The summed E-state index contributed by atoms with van der Waals surface area (Å²) in [6, 6.07) is 24.8. The van der Waals surface area contributed by atoms with E-state index < -0.39 is 0 Å². The molecule has 4 rings (SSSR count). The third-order valence-electron chi connectivity index (χ3n) is 7.14. The molecular weight excluding hydrogens is 416 g/mol. The van der Waals surface area contributed by atoms with Crippen LogP contribution in [0.1, 0.15) is 75.0 Å². The van der Waals surface area contributed by atoms with Crippen LogP contribution in [0.2, 0.25) is 0 Å². The standard InChI is InChI=1S/C31H32N2O/c1-3-5-22-6-8-23(9-7-22)24-10-12-25(13-11-24)28-18-19-29(31(21-33)30(28)20-32)26-14-16-27(17-15-26)34-4-2/h10-19,22-23H,3-9H2,1-2H3/t22-,23-. The van der Waals surface area contributed by atoms with E-state index in [9.17, 15) is 10.5 Å². The molecule has 0 radical (unpaired) electrons. The van der Waals surface area contributed by atoms with E-state index in [0.29, 0.717) is 23.7 Å². The van der Waals surface area contributed by atoms with Crippen molar-refractivity contribution < 1.29 is 4.74 Å². The van der Waals surface area contributed by atoms with E-state index in [2.05, 4.69) is 43.3 Å². The van der Waals surface area contributed by atoms with E-state index in [4.69, 9.17) is 4.74 Å². The smallest absolute Gasteiger partial charge is 0.119 e. The average Bonchev–Trinajstić information content (AvgIpc) is 2.89. The summed E-state index contributed by atoms with van der Waals surface area (Å²) in [4.78, 5) is 0. The van der Waals surface area contributed by atoms with Crippen molar-refractivity contribution in [1.82, 2.24) is 0 Å². The van der Waals surface area contributed by atoms with Gasteiger partial charge in [-0.25, -0.2) is 0 Å². The Bertz CT molecular complexity index is 1190. The Morgan fingerprint density at radius 3 is 1.74 bits per heavy atom. The summed E-state index contributed by atoms with van der Waals surface area (Å²) in [7, 11) is 0. The lowest BCUT2D eigenvalue weighted by atomic mass is 9.77. The van der Waals surface area contributed by atoms with E-state index >= 15 is 0 Å². The molecule has 0 heterocycles. The molecule has 3 heteroatoms. The molecule has 0 atom stereocenters. The van der Waals surface area contributed by atoms with Crippen LogP contribution < -0.4 is 4.74 Å². The first-order valence-corrected chi connectivity index (χ1v) is 12.5. The normalized spacial score (nSPS) is 17.5. The molecule has 0 aromatic heterocycles. The second-order valence-electron chi connectivity index (χ2n) is 9.22. The lowest BCUT2D eigenvalue weighted by Gasteiger charge is -2.28. The first-order valence-electron chi connectivity index (χ1n) is 12.5. The summed E-state index contributed by atoms with van der Waals surface area (Å²) in [5.74, 6) is 2.33. The maximum Gasteiger partial charge on any atom is 0.119 e. The van der Waals surface area contributed by atoms with Gasteiger partial charge in [-0.1, -0.05) is 68.3 Å². The molecule has 1 aliphatic rings. The van der Waals surface area contributed by atoms with Gasteiger partial charge in [-0.15, -0.1) is 0 Å². The fraction of sp³-hybridized carbons (Fsp3) is 0.355. The van der Waals surface area contributed by atoms with Gasteiger partial charge in [0.25, 0.3) is 0 Å². The zero-order valence-corrected chi connectivity index (χ0v) is 20.2. The van der Waals surface area contributed by atoms with Crippen LogP contribution in [0.3, 0.4) is 0 Å². The molecule has 3 aromatic rings. The van der Waals surface area contributed by atoms with Gasteiger partial charge in [0.05, 0.1) is 17.7 Å². The van der Waals surface area contributed by atoms with Crippen LogP contribution in [0.5, 0.6) is 5.75 Å². The molecular formula is C31H32N2O. The van der Waals surface area contributed by atoms with Crippen LogP contribution in [0.4, 0.5) is 0 Å². The van der Waals surface area contributed by atoms with Gasteiger partial charge < -0.3 is 4.74 Å². The van der Waals surface area contributed by atoms with Crippen molar-refractivity contribution in [3.05, 3.63) is 77.4 Å². The molecule has 1 fully saturated rings. The Morgan fingerprint density at radius 1 is 0.735 bits per heavy atom. The zero-order valence-electron chi connectivity index (χ0n) is 20.2. The zero-order chi connectivity index (χ0) is 23.9. The fourth-order valence-corrected chi connectivity index (χ4v) is 5.34. The Morgan fingerprint density at radius 2 is 1.26 bits per heavy atom. The van der Waals surface area contributed by atoms with Crippen LogP contribution in [0.25, 0.3) is 22.3 Å². The fourth-order valence-electron chi connectivity index (χ4n) is 5.34. The lowest BCUT2D eigenvalue weighted by molar-refractivity contribution is 0.308. The van der Waals surface area contributed by atoms with Crippen LogP contribution in [0, 0.1) is 28.6 Å². The number of hydrogen-bond donors (Lipinski definition) is 0. The molecule has 3 nitrogen and oxygen atoms in total. The summed E-state index contributed by atoms with van der Waals surface area (Å²) < 4.78 is 5.53. The van der Waals surface area contributed by atoms with Gasteiger partial charge >= 0.3 is 0 Å². The predicted molar refractivity (Wildman–Crippen MR) is 138 cm³/mol. The van der Waals surface area contributed by atoms with Crippen LogP contribution >= 0.6 is 0 Å². The highest BCUT2D eigenvalue weighted by atomic mass is 16.5. The Balaban J connectivity index is 1.60. The quantitative estimate of drug-likeness (QED) is 0.366. The maximum absolute atomic E-state index is 9.98. The van der Waals surface area contributed by atoms with E-state index in [0.717, 1.165) is 33.9 Å². The Kier molecular flexibility index (Phi) is 7.66. The molecule has 0 N–H and O–H groups in total. The Hall–Kier alpha value is -3.56. The molecule has 3 aromatic carbocycles. The third-order valence-corrected chi connectivity index (χ3v) is 7.14. The first-order chi connectivity index (χ1) is 16.7. The number of ether oxygens (including phenoxy) is 1. The van der Waals surface area contributed by atoms with E-state index in [1.165, 1.54) is 44.1 Å². The molecule has 1 saturated carbocycles. The minimum absolute atomic E-state index is 0.419. The van der Waals surface area contributed by atoms with Gasteiger partial charge in [0.2, 0.25) is 0 Å². The molecule has 0 amide bonds. The molecule has 0 saturated heterocycles. The minimum atomic E-state index is 0.419. The second-order valence-corrected chi connectivity index (χ2v) is 9.22. The monoisotopic (exact) mass is 448 g/mol. The van der Waals surface area contributed by atoms with Gasteiger partial charge in [0.15, 0.2) is 0 Å². The highest BCUT2D eigenvalue weighted by molar-refractivity contribution is 5.82. The molecule has 34 heavy (non-hydrogen) atoms. The highest BCUT2D eigenvalue weighted by Gasteiger charge is 2.22. The SMILES string of the molecule is CCC[C@H]1CC[C@H](c2ccc(-c3ccc(-c4ccc(OCC)cc4)c(C#N)c3C#N)cc2)CC1. The number of nitriles is 2. The number of nitrogens with zero attached hydrogens (tertiary/aromatic N) is 2. The molecule has 0 aliphatic heterocycles. The van der Waals surface area contributed by atoms with Crippen molar-refractivity contribution in [3.63, 3.8) is 0 Å².